The molecule has 2 fully saturated rings. The van der Waals surface area contributed by atoms with Crippen molar-refractivity contribution in [2.45, 2.75) is 44.4 Å². The quantitative estimate of drug-likeness (QED) is 0.648. The molecule has 0 bridgehead atoms. The molecule has 3 heterocycles. The van der Waals surface area contributed by atoms with Crippen molar-refractivity contribution < 1.29 is 51.8 Å². The van der Waals surface area contributed by atoms with Crippen molar-refractivity contribution in [3.8, 4) is 0 Å². The van der Waals surface area contributed by atoms with Crippen LogP contribution in [0, 0.1) is 6.54 Å². The molecule has 0 aliphatic carbocycles. The second-order valence-corrected chi connectivity index (χ2v) is 6.55. The van der Waals surface area contributed by atoms with Crippen LogP contribution in [0.3, 0.4) is 0 Å². The number of ether oxygens (including phenoxy) is 1. The van der Waals surface area contributed by atoms with Crippen LogP contribution in [0.15, 0.2) is 10.9 Å². The number of likely N-dealkylation sites (tertiary alicyclic amines) is 1. The van der Waals surface area contributed by atoms with Gasteiger partial charge in [0.25, 0.3) is 0 Å². The predicted octanol–water partition coefficient (Wildman–Crippen LogP) is 0.449. The van der Waals surface area contributed by atoms with Gasteiger partial charge in [0.05, 0.1) is 11.2 Å². The summed E-state index contributed by atoms with van der Waals surface area (Å²) in [4.78, 5) is 42.2. The van der Waals surface area contributed by atoms with E-state index in [0.29, 0.717) is 13.0 Å². The van der Waals surface area contributed by atoms with Crippen LogP contribution in [0.1, 0.15) is 25.5 Å². The fourth-order valence-corrected chi connectivity index (χ4v) is 3.37. The number of thiazole rings is 1. The average molecular weight is 440 g/mol. The first kappa shape index (κ1) is 20.3. The normalized spacial score (nSPS) is 23.4. The third-order valence-corrected chi connectivity index (χ3v) is 4.70. The van der Waals surface area contributed by atoms with E-state index in [-0.39, 0.29) is 38.6 Å². The van der Waals surface area contributed by atoms with Crippen LogP contribution >= 0.6 is 11.3 Å². The summed E-state index contributed by atoms with van der Waals surface area (Å²) >= 11 is 1.44. The Hall–Kier alpha value is -1.06. The zero-order valence-corrected chi connectivity index (χ0v) is 17.5. The molecule has 3 unspecified atom stereocenters. The molecule has 25 heavy (non-hydrogen) atoms. The largest absolute Gasteiger partial charge is 0.491 e. The summed E-state index contributed by atoms with van der Waals surface area (Å²) < 4.78 is 4.92. The molecule has 8 nitrogen and oxygen atoms in total. The van der Waals surface area contributed by atoms with Gasteiger partial charge in [0.1, 0.15) is 18.2 Å². The Labute approximate surface area is 175 Å². The monoisotopic (exact) mass is 440 g/mol. The summed E-state index contributed by atoms with van der Waals surface area (Å²) in [5, 5.41) is 7.05. The Kier molecular flexibility index (Phi) is 7.33. The average Bonchev–Trinajstić information content (AvgIpc) is 3.27. The van der Waals surface area contributed by atoms with Crippen LogP contribution in [-0.4, -0.2) is 52.5 Å². The van der Waals surface area contributed by atoms with Crippen LogP contribution in [0.4, 0.5) is 4.79 Å². The third kappa shape index (κ3) is 4.98. The number of hydrogen-bond donors (Lipinski definition) is 2. The van der Waals surface area contributed by atoms with Crippen LogP contribution < -0.4 is 10.6 Å². The van der Waals surface area contributed by atoms with E-state index < -0.39 is 30.2 Å². The summed E-state index contributed by atoms with van der Waals surface area (Å²) in [5.41, 5.74) is 2.44. The number of carbonyl (C=O) groups is 3. The predicted molar refractivity (Wildman–Crippen MR) is 85.9 cm³/mol. The number of amides is 3. The maximum atomic E-state index is 12.7. The Morgan fingerprint density at radius 3 is 2.96 bits per heavy atom. The molecule has 10 heteroatoms. The van der Waals surface area contributed by atoms with Crippen molar-refractivity contribution in [3.63, 3.8) is 0 Å². The van der Waals surface area contributed by atoms with Crippen molar-refractivity contribution in [1.82, 2.24) is 20.5 Å². The molecule has 1 aromatic rings. The molecule has 2 N–H and O–H groups in total. The summed E-state index contributed by atoms with van der Waals surface area (Å²) in [6.45, 7) is 4.14. The summed E-state index contributed by atoms with van der Waals surface area (Å²) in [7, 11) is 0. The molecule has 0 aromatic carbocycles. The van der Waals surface area contributed by atoms with E-state index in [1.165, 1.54) is 11.3 Å². The van der Waals surface area contributed by atoms with E-state index in [1.54, 1.807) is 17.3 Å². The number of rotatable bonds is 5. The first-order valence-corrected chi connectivity index (χ1v) is 8.77. The Morgan fingerprint density at radius 2 is 2.40 bits per heavy atom. The van der Waals surface area contributed by atoms with Gasteiger partial charge in [0, 0.05) is 44.5 Å². The topological polar surface area (TPSA) is 101 Å². The molecule has 1 aromatic heterocycles. The van der Waals surface area contributed by atoms with Gasteiger partial charge in [0.2, 0.25) is 11.8 Å². The molecular formula is C15H19N4O4SY-. The first-order valence-electron chi connectivity index (χ1n) is 7.83. The Bertz CT molecular complexity index is 621. The van der Waals surface area contributed by atoms with Crippen molar-refractivity contribution in [1.29, 1.82) is 0 Å². The fourth-order valence-electron chi connectivity index (χ4n) is 2.80. The standard InChI is InChI=1S/C15H19N4O4S.Y/c1-9-12(18-15(22)23-9)13(20)17-11(6-10-7-24-8-16-10)14(21)19-4-2-3-5-19;/h4,7-9,11-12H,2-3,5-6H2,1H3,(H,17,20)(H,18,22);/q-1;. The Balaban J connectivity index is 0.00000225. The van der Waals surface area contributed by atoms with Gasteiger partial charge in [0.15, 0.2) is 0 Å². The maximum absolute atomic E-state index is 12.7. The molecule has 3 amide bonds. The van der Waals surface area contributed by atoms with Crippen molar-refractivity contribution in [3.05, 3.63) is 23.1 Å². The van der Waals surface area contributed by atoms with E-state index in [1.807, 2.05) is 11.9 Å². The minimum atomic E-state index is -0.800. The van der Waals surface area contributed by atoms with Crippen LogP contribution in [0.25, 0.3) is 0 Å². The van der Waals surface area contributed by atoms with Gasteiger partial charge in [-0.05, 0) is 13.5 Å². The zero-order valence-electron chi connectivity index (χ0n) is 13.8. The minimum Gasteiger partial charge on any atom is -0.491 e. The molecule has 0 saturated carbocycles. The molecule has 2 aliphatic heterocycles. The second-order valence-electron chi connectivity index (χ2n) is 5.83. The van der Waals surface area contributed by atoms with Crippen molar-refractivity contribution in [2.75, 3.05) is 6.54 Å². The number of nitrogens with zero attached hydrogens (tertiary/aromatic N) is 2. The van der Waals surface area contributed by atoms with Gasteiger partial charge in [-0.2, -0.15) is 6.42 Å². The van der Waals surface area contributed by atoms with E-state index in [4.69, 9.17) is 4.74 Å². The molecule has 3 rings (SSSR count). The van der Waals surface area contributed by atoms with Crippen molar-refractivity contribution in [2.24, 2.45) is 0 Å². The van der Waals surface area contributed by atoms with Gasteiger partial charge in [-0.1, -0.05) is 6.42 Å². The fraction of sp³-hybridized carbons (Fsp3) is 0.533. The maximum Gasteiger partial charge on any atom is 0.408 e. The van der Waals surface area contributed by atoms with E-state index in [2.05, 4.69) is 15.6 Å². The summed E-state index contributed by atoms with van der Waals surface area (Å²) in [6, 6.07) is -1.52. The van der Waals surface area contributed by atoms with Gasteiger partial charge in [-0.15, -0.1) is 11.3 Å². The van der Waals surface area contributed by atoms with E-state index in [9.17, 15) is 14.4 Å². The molecule has 0 spiro atoms. The van der Waals surface area contributed by atoms with Crippen LogP contribution in [-0.2, 0) is 53.5 Å². The molecule has 3 atom stereocenters. The zero-order chi connectivity index (χ0) is 17.1. The van der Waals surface area contributed by atoms with Gasteiger partial charge in [-0.3, -0.25) is 9.59 Å². The van der Waals surface area contributed by atoms with Crippen molar-refractivity contribution >= 4 is 29.2 Å². The first-order chi connectivity index (χ1) is 11.5. The Morgan fingerprint density at radius 1 is 1.60 bits per heavy atom. The number of hydrogen-bond acceptors (Lipinski definition) is 6. The molecule has 2 aliphatic rings. The second kappa shape index (κ2) is 9.05. The van der Waals surface area contributed by atoms with Gasteiger partial charge >= 0.3 is 6.09 Å². The third-order valence-electron chi connectivity index (χ3n) is 4.07. The van der Waals surface area contributed by atoms with Gasteiger partial charge < -0.3 is 20.3 Å². The van der Waals surface area contributed by atoms with Crippen LogP contribution in [0.5, 0.6) is 0 Å². The number of nitrogens with one attached hydrogen (secondary N) is 2. The van der Waals surface area contributed by atoms with E-state index >= 15 is 0 Å². The molecular weight excluding hydrogens is 421 g/mol. The number of alkyl carbamates (subject to hydrolysis) is 1. The number of cyclic esters (lactones) is 1. The van der Waals surface area contributed by atoms with E-state index in [0.717, 1.165) is 18.5 Å². The van der Waals surface area contributed by atoms with Gasteiger partial charge in [-0.25, -0.2) is 16.3 Å². The summed E-state index contributed by atoms with van der Waals surface area (Å²) in [5.74, 6) is -0.590. The number of aromatic nitrogens is 1. The molecule has 133 valence electrons. The SMILES string of the molecule is CC1OC(=O)NC1C(=O)NC(Cc1cscn1)C(=O)N1[CH-]CCC1.[Y]. The molecule has 1 radical (unpaired) electrons. The smallest absolute Gasteiger partial charge is 0.408 e. The molecule has 2 saturated heterocycles. The minimum absolute atomic E-state index is 0. The summed E-state index contributed by atoms with van der Waals surface area (Å²) in [6.07, 6.45) is 0.886. The van der Waals surface area contributed by atoms with Crippen LogP contribution in [0.2, 0.25) is 0 Å². The number of carbonyl (C=O) groups excluding carboxylic acids is 3.